The number of esters is 1. The van der Waals surface area contributed by atoms with Gasteiger partial charge in [-0.1, -0.05) is 80.9 Å². The van der Waals surface area contributed by atoms with E-state index in [1.165, 1.54) is 17.4 Å². The van der Waals surface area contributed by atoms with Gasteiger partial charge in [0.1, 0.15) is 6.26 Å². The number of benzene rings is 3. The SMILES string of the molecule is Cc1cccc(-c2ccc3c(c2)C2C(=O)C(=O)OC=C2N3Cc2ccc(C(C)(C)C)cc2)c1. The van der Waals surface area contributed by atoms with Crippen molar-refractivity contribution in [3.63, 3.8) is 0 Å². The first-order valence-electron chi connectivity index (χ1n) is 11.3. The molecule has 0 fully saturated rings. The molecule has 0 bridgehead atoms. The number of fused-ring (bicyclic) bond motifs is 3. The third-order valence-corrected chi connectivity index (χ3v) is 6.50. The highest BCUT2D eigenvalue weighted by Gasteiger charge is 2.44. The van der Waals surface area contributed by atoms with Crippen molar-refractivity contribution >= 4 is 17.4 Å². The summed E-state index contributed by atoms with van der Waals surface area (Å²) in [4.78, 5) is 27.1. The number of hydrogen-bond donors (Lipinski definition) is 0. The van der Waals surface area contributed by atoms with Crippen LogP contribution < -0.4 is 4.90 Å². The van der Waals surface area contributed by atoms with Crippen molar-refractivity contribution in [3.05, 3.63) is 101 Å². The third kappa shape index (κ3) is 3.76. The molecule has 1 atom stereocenters. The van der Waals surface area contributed by atoms with Gasteiger partial charge in [0, 0.05) is 12.2 Å². The second kappa shape index (κ2) is 7.73. The molecule has 2 aliphatic rings. The molecule has 0 amide bonds. The lowest BCUT2D eigenvalue weighted by atomic mass is 9.87. The zero-order valence-electron chi connectivity index (χ0n) is 19.4. The van der Waals surface area contributed by atoms with E-state index < -0.39 is 17.7 Å². The van der Waals surface area contributed by atoms with Gasteiger partial charge in [-0.15, -0.1) is 0 Å². The Bertz CT molecular complexity index is 1300. The van der Waals surface area contributed by atoms with Gasteiger partial charge in [0.2, 0.25) is 0 Å². The number of carbonyl (C=O) groups is 2. The van der Waals surface area contributed by atoms with Gasteiger partial charge >= 0.3 is 5.97 Å². The highest BCUT2D eigenvalue weighted by molar-refractivity contribution is 6.38. The van der Waals surface area contributed by atoms with Gasteiger partial charge < -0.3 is 9.64 Å². The van der Waals surface area contributed by atoms with Crippen LogP contribution in [-0.2, 0) is 26.3 Å². The number of aryl methyl sites for hydroxylation is 1. The Kier molecular flexibility index (Phi) is 4.97. The molecule has 0 saturated heterocycles. The molecule has 33 heavy (non-hydrogen) atoms. The summed E-state index contributed by atoms with van der Waals surface area (Å²) in [5.74, 6) is -1.94. The number of cyclic esters (lactones) is 1. The van der Waals surface area contributed by atoms with E-state index in [-0.39, 0.29) is 5.41 Å². The Morgan fingerprint density at radius 2 is 1.64 bits per heavy atom. The van der Waals surface area contributed by atoms with Crippen molar-refractivity contribution < 1.29 is 14.3 Å². The van der Waals surface area contributed by atoms with Crippen LogP contribution in [0, 0.1) is 6.92 Å². The van der Waals surface area contributed by atoms with Crippen LogP contribution in [0.15, 0.2) is 78.7 Å². The number of rotatable bonds is 3. The first-order valence-corrected chi connectivity index (χ1v) is 11.3. The molecule has 0 spiro atoms. The van der Waals surface area contributed by atoms with Crippen LogP contribution in [0.5, 0.6) is 0 Å². The lowest BCUT2D eigenvalue weighted by Crippen LogP contribution is -2.31. The zero-order valence-corrected chi connectivity index (χ0v) is 19.4. The fourth-order valence-electron chi connectivity index (χ4n) is 4.66. The van der Waals surface area contributed by atoms with Crippen molar-refractivity contribution in [2.24, 2.45) is 0 Å². The van der Waals surface area contributed by atoms with Crippen LogP contribution in [0.2, 0.25) is 0 Å². The van der Waals surface area contributed by atoms with Crippen LogP contribution in [-0.4, -0.2) is 11.8 Å². The Morgan fingerprint density at radius 1 is 0.909 bits per heavy atom. The first kappa shape index (κ1) is 21.2. The summed E-state index contributed by atoms with van der Waals surface area (Å²) in [6, 6.07) is 23.0. The molecule has 0 radical (unpaired) electrons. The minimum atomic E-state index is -0.799. The van der Waals surface area contributed by atoms with Gasteiger partial charge in [0.25, 0.3) is 5.78 Å². The Balaban J connectivity index is 1.56. The summed E-state index contributed by atoms with van der Waals surface area (Å²) in [6.45, 7) is 9.24. The highest BCUT2D eigenvalue weighted by Crippen LogP contribution is 2.47. The lowest BCUT2D eigenvalue weighted by molar-refractivity contribution is -0.151. The largest absolute Gasteiger partial charge is 0.427 e. The average molecular weight is 438 g/mol. The molecule has 5 rings (SSSR count). The molecule has 0 N–H and O–H groups in total. The molecule has 2 aliphatic heterocycles. The maximum Gasteiger partial charge on any atom is 0.380 e. The number of carbonyl (C=O) groups excluding carboxylic acids is 2. The number of allylic oxidation sites excluding steroid dienone is 1. The minimum absolute atomic E-state index is 0.0859. The van der Waals surface area contributed by atoms with E-state index >= 15 is 0 Å². The van der Waals surface area contributed by atoms with E-state index in [4.69, 9.17) is 4.74 Å². The van der Waals surface area contributed by atoms with Gasteiger partial charge in [-0.05, 0) is 52.3 Å². The number of hydrogen-bond acceptors (Lipinski definition) is 4. The van der Waals surface area contributed by atoms with Crippen molar-refractivity contribution in [1.29, 1.82) is 0 Å². The standard InChI is InChI=1S/C29H27NO3/c1-18-6-5-7-20(14-18)21-10-13-24-23(15-21)26-25(17-33-28(32)27(26)31)30(24)16-19-8-11-22(12-9-19)29(2,3)4/h5-15,17,26H,16H2,1-4H3. The topological polar surface area (TPSA) is 46.6 Å². The summed E-state index contributed by atoms with van der Waals surface area (Å²) in [5, 5.41) is 0. The molecule has 0 saturated carbocycles. The van der Waals surface area contributed by atoms with Crippen molar-refractivity contribution in [2.75, 3.05) is 4.90 Å². The van der Waals surface area contributed by atoms with Crippen molar-refractivity contribution in [3.8, 4) is 11.1 Å². The van der Waals surface area contributed by atoms with Crippen LogP contribution in [0.25, 0.3) is 11.1 Å². The Hall–Kier alpha value is -3.66. The predicted octanol–water partition coefficient (Wildman–Crippen LogP) is 6.03. The minimum Gasteiger partial charge on any atom is -0.427 e. The van der Waals surface area contributed by atoms with E-state index in [9.17, 15) is 9.59 Å². The second-order valence-electron chi connectivity index (χ2n) is 9.92. The fourth-order valence-corrected chi connectivity index (χ4v) is 4.66. The van der Waals surface area contributed by atoms with E-state index in [0.717, 1.165) is 33.6 Å². The Labute approximate surface area is 194 Å². The molecular formula is C29H27NO3. The quantitative estimate of drug-likeness (QED) is 0.371. The molecule has 4 heteroatoms. The molecule has 166 valence electrons. The van der Waals surface area contributed by atoms with Gasteiger partial charge in [-0.25, -0.2) is 4.79 Å². The summed E-state index contributed by atoms with van der Waals surface area (Å²) in [5.41, 5.74) is 8.29. The van der Waals surface area contributed by atoms with E-state index in [2.05, 4.69) is 81.1 Å². The van der Waals surface area contributed by atoms with Gasteiger partial charge in [0.15, 0.2) is 0 Å². The van der Waals surface area contributed by atoms with Gasteiger partial charge in [-0.3, -0.25) is 4.79 Å². The monoisotopic (exact) mass is 437 g/mol. The molecule has 0 aromatic heterocycles. The first-order chi connectivity index (χ1) is 15.7. The predicted molar refractivity (Wildman–Crippen MR) is 130 cm³/mol. The highest BCUT2D eigenvalue weighted by atomic mass is 16.5. The molecule has 1 unspecified atom stereocenters. The number of ketones is 1. The van der Waals surface area contributed by atoms with Crippen LogP contribution in [0.3, 0.4) is 0 Å². The van der Waals surface area contributed by atoms with E-state index in [1.54, 1.807) is 0 Å². The number of nitrogens with zero attached hydrogens (tertiary/aromatic N) is 1. The molecule has 3 aromatic carbocycles. The normalized spacial score (nSPS) is 17.4. The molecule has 4 nitrogen and oxygen atoms in total. The molecule has 3 aromatic rings. The number of anilines is 1. The van der Waals surface area contributed by atoms with E-state index in [1.807, 2.05) is 18.2 Å². The molecular weight excluding hydrogens is 410 g/mol. The molecule has 2 heterocycles. The average Bonchev–Trinajstić information content (AvgIpc) is 3.09. The van der Waals surface area contributed by atoms with Crippen LogP contribution in [0.4, 0.5) is 5.69 Å². The maximum atomic E-state index is 12.9. The Morgan fingerprint density at radius 3 is 2.33 bits per heavy atom. The summed E-state index contributed by atoms with van der Waals surface area (Å²) >= 11 is 0. The summed E-state index contributed by atoms with van der Waals surface area (Å²) < 4.78 is 5.11. The zero-order chi connectivity index (χ0) is 23.3. The van der Waals surface area contributed by atoms with Crippen LogP contribution in [0.1, 0.15) is 48.9 Å². The summed E-state index contributed by atoms with van der Waals surface area (Å²) in [7, 11) is 0. The summed E-state index contributed by atoms with van der Waals surface area (Å²) in [6.07, 6.45) is 1.45. The van der Waals surface area contributed by atoms with Crippen molar-refractivity contribution in [1.82, 2.24) is 0 Å². The number of Topliss-reactive ketones (excluding diaryl/α,β-unsaturated/α-hetero) is 1. The smallest absolute Gasteiger partial charge is 0.380 e. The maximum absolute atomic E-state index is 12.9. The van der Waals surface area contributed by atoms with Gasteiger partial charge in [0.05, 0.1) is 11.6 Å². The number of ether oxygens (including phenoxy) is 1. The van der Waals surface area contributed by atoms with E-state index in [0.29, 0.717) is 6.54 Å². The van der Waals surface area contributed by atoms with Gasteiger partial charge in [-0.2, -0.15) is 0 Å². The fraction of sp³-hybridized carbons (Fsp3) is 0.241. The lowest BCUT2D eigenvalue weighted by Gasteiger charge is -2.25. The van der Waals surface area contributed by atoms with Crippen molar-refractivity contribution in [2.45, 2.75) is 45.6 Å². The molecule has 0 aliphatic carbocycles. The second-order valence-corrected chi connectivity index (χ2v) is 9.92. The van der Waals surface area contributed by atoms with Crippen LogP contribution >= 0.6 is 0 Å². The third-order valence-electron chi connectivity index (χ3n) is 6.50.